The van der Waals surface area contributed by atoms with Crippen LogP contribution < -0.4 is 16.2 Å². The highest BCUT2D eigenvalue weighted by atomic mass is 16.2. The predicted molar refractivity (Wildman–Crippen MR) is 94.3 cm³/mol. The molecule has 1 heterocycles. The summed E-state index contributed by atoms with van der Waals surface area (Å²) in [4.78, 5) is 42.8. The van der Waals surface area contributed by atoms with Crippen LogP contribution in [-0.2, 0) is 4.79 Å². The fraction of sp³-hybridized carbons (Fsp3) is 0.444. The van der Waals surface area contributed by atoms with Gasteiger partial charge < -0.3 is 15.6 Å². The minimum Gasteiger partial charge on any atom is -0.352 e. The van der Waals surface area contributed by atoms with Crippen LogP contribution in [0, 0.1) is 0 Å². The number of hydrogen-bond acceptors (Lipinski definition) is 4. The SMILES string of the molecule is C[C@H](NC(=O)c1ccc2c(=O)[nH]cnc2c1)C(=O)NC1CCCCC1. The summed E-state index contributed by atoms with van der Waals surface area (Å²) in [6.07, 6.45) is 6.78. The first-order valence-electron chi connectivity index (χ1n) is 8.63. The Bertz CT molecular complexity index is 840. The van der Waals surface area contributed by atoms with E-state index in [1.54, 1.807) is 25.1 Å². The van der Waals surface area contributed by atoms with E-state index in [-0.39, 0.29) is 23.4 Å². The first-order valence-corrected chi connectivity index (χ1v) is 8.63. The zero-order chi connectivity index (χ0) is 17.8. The third-order valence-corrected chi connectivity index (χ3v) is 4.60. The van der Waals surface area contributed by atoms with Gasteiger partial charge in [0.15, 0.2) is 0 Å². The van der Waals surface area contributed by atoms with Gasteiger partial charge in [0.2, 0.25) is 5.91 Å². The quantitative estimate of drug-likeness (QED) is 0.783. The lowest BCUT2D eigenvalue weighted by Gasteiger charge is -2.24. The summed E-state index contributed by atoms with van der Waals surface area (Å²) in [5.74, 6) is -0.536. The lowest BCUT2D eigenvalue weighted by atomic mass is 9.95. The summed E-state index contributed by atoms with van der Waals surface area (Å²) in [6.45, 7) is 1.67. The van der Waals surface area contributed by atoms with Crippen molar-refractivity contribution in [2.24, 2.45) is 0 Å². The molecule has 1 aromatic carbocycles. The van der Waals surface area contributed by atoms with Gasteiger partial charge in [-0.3, -0.25) is 14.4 Å². The van der Waals surface area contributed by atoms with Crippen LogP contribution in [-0.4, -0.2) is 33.9 Å². The van der Waals surface area contributed by atoms with E-state index < -0.39 is 6.04 Å². The van der Waals surface area contributed by atoms with Crippen LogP contribution in [0.15, 0.2) is 29.3 Å². The Kier molecular flexibility index (Phi) is 5.11. The van der Waals surface area contributed by atoms with Gasteiger partial charge in [0.25, 0.3) is 11.5 Å². The number of H-pyrrole nitrogens is 1. The lowest BCUT2D eigenvalue weighted by Crippen LogP contribution is -2.48. The molecule has 1 aliphatic rings. The number of nitrogens with one attached hydrogen (secondary N) is 3. The van der Waals surface area contributed by atoms with Gasteiger partial charge >= 0.3 is 0 Å². The van der Waals surface area contributed by atoms with Crippen LogP contribution in [0.5, 0.6) is 0 Å². The Labute approximate surface area is 145 Å². The molecule has 7 heteroatoms. The summed E-state index contributed by atoms with van der Waals surface area (Å²) in [5.41, 5.74) is 0.552. The zero-order valence-electron chi connectivity index (χ0n) is 14.2. The number of amides is 2. The Morgan fingerprint density at radius 2 is 2.00 bits per heavy atom. The molecule has 3 N–H and O–H groups in total. The van der Waals surface area contributed by atoms with Gasteiger partial charge in [0, 0.05) is 11.6 Å². The molecule has 25 heavy (non-hydrogen) atoms. The van der Waals surface area contributed by atoms with Gasteiger partial charge in [-0.1, -0.05) is 19.3 Å². The maximum Gasteiger partial charge on any atom is 0.258 e. The lowest BCUT2D eigenvalue weighted by molar-refractivity contribution is -0.123. The van der Waals surface area contributed by atoms with Gasteiger partial charge in [-0.15, -0.1) is 0 Å². The molecule has 1 fully saturated rings. The van der Waals surface area contributed by atoms with Crippen molar-refractivity contribution in [2.75, 3.05) is 0 Å². The molecule has 1 atom stereocenters. The summed E-state index contributed by atoms with van der Waals surface area (Å²) in [7, 11) is 0. The highest BCUT2D eigenvalue weighted by molar-refractivity contribution is 5.99. The summed E-state index contributed by atoms with van der Waals surface area (Å²) in [6, 6.07) is 4.24. The highest BCUT2D eigenvalue weighted by Gasteiger charge is 2.21. The van der Waals surface area contributed by atoms with Gasteiger partial charge in [-0.25, -0.2) is 4.98 Å². The van der Waals surface area contributed by atoms with E-state index in [0.717, 1.165) is 25.7 Å². The number of carbonyl (C=O) groups excluding carboxylic acids is 2. The molecular weight excluding hydrogens is 320 g/mol. The second-order valence-electron chi connectivity index (χ2n) is 6.50. The second kappa shape index (κ2) is 7.46. The van der Waals surface area contributed by atoms with Crippen molar-refractivity contribution >= 4 is 22.7 Å². The normalized spacial score (nSPS) is 16.4. The molecule has 0 spiro atoms. The van der Waals surface area contributed by atoms with Crippen molar-refractivity contribution in [3.05, 3.63) is 40.4 Å². The maximum absolute atomic E-state index is 12.4. The Morgan fingerprint density at radius 3 is 2.76 bits per heavy atom. The minimum absolute atomic E-state index is 0.171. The molecule has 7 nitrogen and oxygen atoms in total. The molecule has 1 aliphatic carbocycles. The highest BCUT2D eigenvalue weighted by Crippen LogP contribution is 2.17. The van der Waals surface area contributed by atoms with Crippen molar-refractivity contribution in [3.8, 4) is 0 Å². The topological polar surface area (TPSA) is 104 Å². The first kappa shape index (κ1) is 17.1. The van der Waals surface area contributed by atoms with Crippen molar-refractivity contribution in [2.45, 2.75) is 51.1 Å². The molecule has 1 aromatic heterocycles. The average Bonchev–Trinajstić information content (AvgIpc) is 2.62. The molecule has 1 saturated carbocycles. The summed E-state index contributed by atoms with van der Waals surface area (Å²) in [5, 5.41) is 6.12. The molecule has 2 aromatic rings. The van der Waals surface area contributed by atoms with Crippen LogP contribution in [0.25, 0.3) is 10.9 Å². The Balaban J connectivity index is 1.64. The van der Waals surface area contributed by atoms with Crippen LogP contribution in [0.2, 0.25) is 0 Å². The van der Waals surface area contributed by atoms with Crippen LogP contribution in [0.1, 0.15) is 49.4 Å². The van der Waals surface area contributed by atoms with Gasteiger partial charge in [0.1, 0.15) is 6.04 Å². The number of aromatic amines is 1. The molecule has 132 valence electrons. The van der Waals surface area contributed by atoms with Crippen LogP contribution in [0.4, 0.5) is 0 Å². The number of fused-ring (bicyclic) bond motifs is 1. The third kappa shape index (κ3) is 4.04. The van der Waals surface area contributed by atoms with Crippen LogP contribution >= 0.6 is 0 Å². The number of rotatable bonds is 4. The minimum atomic E-state index is -0.628. The largest absolute Gasteiger partial charge is 0.352 e. The molecule has 0 bridgehead atoms. The Morgan fingerprint density at radius 1 is 1.24 bits per heavy atom. The molecule has 0 unspecified atom stereocenters. The second-order valence-corrected chi connectivity index (χ2v) is 6.50. The number of nitrogens with zero attached hydrogens (tertiary/aromatic N) is 1. The van der Waals surface area contributed by atoms with E-state index >= 15 is 0 Å². The molecule has 2 amide bonds. The number of benzene rings is 1. The fourth-order valence-electron chi connectivity index (χ4n) is 3.13. The number of carbonyl (C=O) groups is 2. The van der Waals surface area contributed by atoms with Crippen molar-refractivity contribution < 1.29 is 9.59 Å². The van der Waals surface area contributed by atoms with Gasteiger partial charge in [0.05, 0.1) is 17.2 Å². The van der Waals surface area contributed by atoms with Crippen molar-refractivity contribution in [3.63, 3.8) is 0 Å². The van der Waals surface area contributed by atoms with Crippen molar-refractivity contribution in [1.82, 2.24) is 20.6 Å². The standard InChI is InChI=1S/C18H22N4O3/c1-11(16(23)22-13-5-3-2-4-6-13)21-17(24)12-7-8-14-15(9-12)19-10-20-18(14)25/h7-11,13H,2-6H2,1H3,(H,21,24)(H,22,23)(H,19,20,25)/t11-/m0/s1. The number of hydrogen-bond donors (Lipinski definition) is 3. The number of aromatic nitrogens is 2. The van der Waals surface area contributed by atoms with Crippen LogP contribution in [0.3, 0.4) is 0 Å². The Hall–Kier alpha value is -2.70. The van der Waals surface area contributed by atoms with E-state index in [2.05, 4.69) is 20.6 Å². The van der Waals surface area contributed by atoms with Gasteiger partial charge in [-0.05, 0) is 38.0 Å². The maximum atomic E-state index is 12.4. The van der Waals surface area contributed by atoms with E-state index in [9.17, 15) is 14.4 Å². The first-order chi connectivity index (χ1) is 12.0. The van der Waals surface area contributed by atoms with E-state index in [1.165, 1.54) is 12.7 Å². The monoisotopic (exact) mass is 342 g/mol. The fourth-order valence-corrected chi connectivity index (χ4v) is 3.13. The zero-order valence-corrected chi connectivity index (χ0v) is 14.2. The predicted octanol–water partition coefficient (Wildman–Crippen LogP) is 1.49. The third-order valence-electron chi connectivity index (χ3n) is 4.60. The molecule has 0 aliphatic heterocycles. The summed E-state index contributed by atoms with van der Waals surface area (Å²) < 4.78 is 0. The van der Waals surface area contributed by atoms with Crippen molar-refractivity contribution in [1.29, 1.82) is 0 Å². The molecular formula is C18H22N4O3. The van der Waals surface area contributed by atoms with E-state index in [0.29, 0.717) is 16.5 Å². The summed E-state index contributed by atoms with van der Waals surface area (Å²) >= 11 is 0. The molecule has 0 radical (unpaired) electrons. The van der Waals surface area contributed by atoms with E-state index in [1.807, 2.05) is 0 Å². The molecule has 0 saturated heterocycles. The van der Waals surface area contributed by atoms with Gasteiger partial charge in [-0.2, -0.15) is 0 Å². The smallest absolute Gasteiger partial charge is 0.258 e. The molecule has 3 rings (SSSR count). The van der Waals surface area contributed by atoms with E-state index in [4.69, 9.17) is 0 Å². The average molecular weight is 342 g/mol.